The number of aromatic nitrogens is 1. The van der Waals surface area contributed by atoms with Crippen molar-refractivity contribution < 1.29 is 9.90 Å². The molecule has 0 saturated carbocycles. The van der Waals surface area contributed by atoms with Crippen LogP contribution in [0.25, 0.3) is 0 Å². The fourth-order valence-corrected chi connectivity index (χ4v) is 2.11. The van der Waals surface area contributed by atoms with Gasteiger partial charge in [-0.2, -0.15) is 0 Å². The van der Waals surface area contributed by atoms with E-state index in [2.05, 4.69) is 9.88 Å². The van der Waals surface area contributed by atoms with Gasteiger partial charge >= 0.3 is 0 Å². The van der Waals surface area contributed by atoms with Crippen molar-refractivity contribution in [2.45, 2.75) is 19.4 Å². The normalized spacial score (nSPS) is 21.5. The summed E-state index contributed by atoms with van der Waals surface area (Å²) in [6.45, 7) is 3.51. The molecule has 1 aromatic rings. The summed E-state index contributed by atoms with van der Waals surface area (Å²) in [4.78, 5) is 17.2. The van der Waals surface area contributed by atoms with Crippen molar-refractivity contribution in [3.63, 3.8) is 0 Å². The van der Waals surface area contributed by atoms with E-state index in [1.165, 1.54) is 6.20 Å². The Kier molecular flexibility index (Phi) is 3.28. The van der Waals surface area contributed by atoms with Crippen LogP contribution in [0.4, 0.5) is 5.82 Å². The molecule has 2 rings (SSSR count). The third-order valence-electron chi connectivity index (χ3n) is 3.26. The minimum absolute atomic E-state index is 0.287. The molecule has 0 aliphatic carbocycles. The molecule has 1 aliphatic rings. The maximum absolute atomic E-state index is 10.9. The summed E-state index contributed by atoms with van der Waals surface area (Å²) in [5.41, 5.74) is 5.57. The molecular formula is C12H17N3O2. The number of anilines is 1. The molecule has 2 heterocycles. The van der Waals surface area contributed by atoms with Crippen molar-refractivity contribution in [1.82, 2.24) is 4.98 Å². The fourth-order valence-electron chi connectivity index (χ4n) is 2.11. The topological polar surface area (TPSA) is 79.5 Å². The Morgan fingerprint density at radius 3 is 2.88 bits per heavy atom. The summed E-state index contributed by atoms with van der Waals surface area (Å²) >= 11 is 0. The van der Waals surface area contributed by atoms with Crippen LogP contribution >= 0.6 is 0 Å². The molecule has 2 atom stereocenters. The SMILES string of the molecule is CC(O)C1CCN(c2ccc(C(N)=O)cn2)C1. The van der Waals surface area contributed by atoms with Crippen molar-refractivity contribution in [1.29, 1.82) is 0 Å². The number of aliphatic hydroxyl groups excluding tert-OH is 1. The van der Waals surface area contributed by atoms with Crippen LogP contribution in [0.3, 0.4) is 0 Å². The predicted octanol–water partition coefficient (Wildman–Crippen LogP) is 0.388. The Morgan fingerprint density at radius 2 is 2.41 bits per heavy atom. The molecule has 1 amide bonds. The average Bonchev–Trinajstić information content (AvgIpc) is 2.78. The highest BCUT2D eigenvalue weighted by Crippen LogP contribution is 2.24. The first-order valence-corrected chi connectivity index (χ1v) is 5.77. The van der Waals surface area contributed by atoms with Gasteiger partial charge in [0, 0.05) is 25.2 Å². The number of hydrogen-bond acceptors (Lipinski definition) is 4. The summed E-state index contributed by atoms with van der Waals surface area (Å²) in [6.07, 6.45) is 2.18. The van der Waals surface area contributed by atoms with Crippen LogP contribution in [0.5, 0.6) is 0 Å². The number of carbonyl (C=O) groups excluding carboxylic acids is 1. The van der Waals surface area contributed by atoms with Gasteiger partial charge in [0.05, 0.1) is 11.7 Å². The molecule has 17 heavy (non-hydrogen) atoms. The number of pyridine rings is 1. The Balaban J connectivity index is 2.06. The van der Waals surface area contributed by atoms with Gasteiger partial charge in [-0.25, -0.2) is 4.98 Å². The number of primary amides is 1. The number of nitrogens with two attached hydrogens (primary N) is 1. The first kappa shape index (κ1) is 11.9. The number of nitrogens with zero attached hydrogens (tertiary/aromatic N) is 2. The molecule has 2 unspecified atom stereocenters. The van der Waals surface area contributed by atoms with Crippen LogP contribution in [-0.2, 0) is 0 Å². The van der Waals surface area contributed by atoms with Crippen LogP contribution in [0.15, 0.2) is 18.3 Å². The van der Waals surface area contributed by atoms with E-state index < -0.39 is 5.91 Å². The number of carbonyl (C=O) groups is 1. The molecule has 0 bridgehead atoms. The van der Waals surface area contributed by atoms with E-state index in [1.54, 1.807) is 12.1 Å². The molecular weight excluding hydrogens is 218 g/mol. The second-order valence-electron chi connectivity index (χ2n) is 4.50. The van der Waals surface area contributed by atoms with Crippen molar-refractivity contribution >= 4 is 11.7 Å². The van der Waals surface area contributed by atoms with E-state index in [0.717, 1.165) is 25.3 Å². The summed E-state index contributed by atoms with van der Waals surface area (Å²) in [6, 6.07) is 3.48. The van der Waals surface area contributed by atoms with Gasteiger partial charge in [0.2, 0.25) is 5.91 Å². The van der Waals surface area contributed by atoms with Crippen molar-refractivity contribution in [2.24, 2.45) is 11.7 Å². The van der Waals surface area contributed by atoms with Gasteiger partial charge in [-0.1, -0.05) is 0 Å². The van der Waals surface area contributed by atoms with Crippen LogP contribution in [0.2, 0.25) is 0 Å². The molecule has 5 nitrogen and oxygen atoms in total. The summed E-state index contributed by atoms with van der Waals surface area (Å²) < 4.78 is 0. The van der Waals surface area contributed by atoms with Gasteiger partial charge < -0.3 is 15.7 Å². The summed E-state index contributed by atoms with van der Waals surface area (Å²) in [5, 5.41) is 9.53. The Bertz CT molecular complexity index is 403. The number of amides is 1. The van der Waals surface area contributed by atoms with Crippen LogP contribution < -0.4 is 10.6 Å². The third kappa shape index (κ3) is 2.55. The fraction of sp³-hybridized carbons (Fsp3) is 0.500. The lowest BCUT2D eigenvalue weighted by molar-refractivity contribution is 0.1000. The second kappa shape index (κ2) is 4.71. The van der Waals surface area contributed by atoms with Gasteiger partial charge in [-0.05, 0) is 25.5 Å². The van der Waals surface area contributed by atoms with Crippen LogP contribution in [0.1, 0.15) is 23.7 Å². The zero-order valence-electron chi connectivity index (χ0n) is 9.84. The lowest BCUT2D eigenvalue weighted by atomic mass is 10.0. The Labute approximate surface area is 100 Å². The first-order valence-electron chi connectivity index (χ1n) is 5.77. The third-order valence-corrected chi connectivity index (χ3v) is 3.26. The minimum Gasteiger partial charge on any atom is -0.393 e. The zero-order valence-corrected chi connectivity index (χ0v) is 9.84. The largest absolute Gasteiger partial charge is 0.393 e. The minimum atomic E-state index is -0.465. The molecule has 1 aromatic heterocycles. The predicted molar refractivity (Wildman–Crippen MR) is 64.8 cm³/mol. The van der Waals surface area contributed by atoms with Gasteiger partial charge in [0.25, 0.3) is 0 Å². The van der Waals surface area contributed by atoms with Crippen LogP contribution in [-0.4, -0.2) is 35.2 Å². The molecule has 1 fully saturated rings. The maximum Gasteiger partial charge on any atom is 0.250 e. The highest BCUT2D eigenvalue weighted by molar-refractivity contribution is 5.92. The van der Waals surface area contributed by atoms with E-state index in [1.807, 2.05) is 6.92 Å². The molecule has 92 valence electrons. The summed E-state index contributed by atoms with van der Waals surface area (Å²) in [5.74, 6) is 0.665. The van der Waals surface area contributed by atoms with E-state index in [0.29, 0.717) is 11.5 Å². The summed E-state index contributed by atoms with van der Waals surface area (Å²) in [7, 11) is 0. The number of rotatable bonds is 3. The first-order chi connectivity index (χ1) is 8.08. The second-order valence-corrected chi connectivity index (χ2v) is 4.50. The highest BCUT2D eigenvalue weighted by atomic mass is 16.3. The average molecular weight is 235 g/mol. The highest BCUT2D eigenvalue weighted by Gasteiger charge is 2.26. The van der Waals surface area contributed by atoms with Gasteiger partial charge in [-0.15, -0.1) is 0 Å². The quantitative estimate of drug-likeness (QED) is 0.794. The zero-order chi connectivity index (χ0) is 12.4. The molecule has 3 N–H and O–H groups in total. The Morgan fingerprint density at radius 1 is 1.65 bits per heavy atom. The van der Waals surface area contributed by atoms with Crippen molar-refractivity contribution in [3.05, 3.63) is 23.9 Å². The van der Waals surface area contributed by atoms with Gasteiger partial charge in [0.15, 0.2) is 0 Å². The molecule has 0 aromatic carbocycles. The Hall–Kier alpha value is -1.62. The van der Waals surface area contributed by atoms with Gasteiger partial charge in [0.1, 0.15) is 5.82 Å². The molecule has 1 saturated heterocycles. The number of hydrogen-bond donors (Lipinski definition) is 2. The van der Waals surface area contributed by atoms with Crippen LogP contribution in [0, 0.1) is 5.92 Å². The smallest absolute Gasteiger partial charge is 0.250 e. The maximum atomic E-state index is 10.9. The van der Waals surface area contributed by atoms with E-state index >= 15 is 0 Å². The molecule has 0 radical (unpaired) electrons. The van der Waals surface area contributed by atoms with E-state index in [9.17, 15) is 9.90 Å². The van der Waals surface area contributed by atoms with E-state index in [-0.39, 0.29) is 6.10 Å². The van der Waals surface area contributed by atoms with Crippen molar-refractivity contribution in [3.8, 4) is 0 Å². The van der Waals surface area contributed by atoms with Crippen molar-refractivity contribution in [2.75, 3.05) is 18.0 Å². The molecule has 1 aliphatic heterocycles. The lowest BCUT2D eigenvalue weighted by Crippen LogP contribution is -2.24. The standard InChI is InChI=1S/C12H17N3O2/c1-8(16)10-4-5-15(7-10)11-3-2-9(6-14-11)12(13)17/h2-3,6,8,10,16H,4-5,7H2,1H3,(H2,13,17). The lowest BCUT2D eigenvalue weighted by Gasteiger charge is -2.18. The van der Waals surface area contributed by atoms with E-state index in [4.69, 9.17) is 5.73 Å². The molecule has 5 heteroatoms. The molecule has 0 spiro atoms. The monoisotopic (exact) mass is 235 g/mol. The number of aliphatic hydroxyl groups is 1. The van der Waals surface area contributed by atoms with Gasteiger partial charge in [-0.3, -0.25) is 4.79 Å².